The lowest BCUT2D eigenvalue weighted by Crippen LogP contribution is -2.31. The second-order valence-corrected chi connectivity index (χ2v) is 7.11. The number of ether oxygens (including phenoxy) is 3. The molecule has 0 atom stereocenters. The van der Waals surface area contributed by atoms with Gasteiger partial charge in [-0.25, -0.2) is 4.79 Å². The van der Waals surface area contributed by atoms with Crippen molar-refractivity contribution in [3.63, 3.8) is 0 Å². The van der Waals surface area contributed by atoms with E-state index in [1.165, 1.54) is 4.90 Å². The Bertz CT molecular complexity index is 929. The van der Waals surface area contributed by atoms with Crippen LogP contribution in [0.4, 0.5) is 0 Å². The summed E-state index contributed by atoms with van der Waals surface area (Å²) in [5, 5.41) is 0. The summed E-state index contributed by atoms with van der Waals surface area (Å²) in [5.41, 5.74) is 0.763. The Morgan fingerprint density at radius 2 is 1.69 bits per heavy atom. The minimum absolute atomic E-state index is 0.0758. The first-order valence-corrected chi connectivity index (χ1v) is 9.96. The van der Waals surface area contributed by atoms with Gasteiger partial charge in [-0.15, -0.1) is 0 Å². The monoisotopic (exact) mass is 461 g/mol. The van der Waals surface area contributed by atoms with Crippen LogP contribution >= 0.6 is 15.9 Å². The van der Waals surface area contributed by atoms with Crippen molar-refractivity contribution in [2.24, 2.45) is 0 Å². The fourth-order valence-electron chi connectivity index (χ4n) is 2.90. The minimum Gasteiger partial charge on any atom is -0.490 e. The summed E-state index contributed by atoms with van der Waals surface area (Å²) in [6.45, 7) is 2.33. The van der Waals surface area contributed by atoms with Crippen LogP contribution in [0.2, 0.25) is 0 Å². The summed E-state index contributed by atoms with van der Waals surface area (Å²) in [6.07, 6.45) is 0.341. The smallest absolute Gasteiger partial charge is 0.344 e. The summed E-state index contributed by atoms with van der Waals surface area (Å²) < 4.78 is 16.7. The maximum Gasteiger partial charge on any atom is 0.344 e. The number of rotatable bonds is 9. The SMILES string of the molecule is CCOc1ccccc1OCC(=O)OCCCN1C(=O)c2ccc(Br)cc2C1=O. The summed E-state index contributed by atoms with van der Waals surface area (Å²) in [4.78, 5) is 37.8. The molecule has 1 heterocycles. The molecule has 0 N–H and O–H groups in total. The second kappa shape index (κ2) is 9.56. The number of amides is 2. The zero-order valence-electron chi connectivity index (χ0n) is 15.9. The van der Waals surface area contributed by atoms with Crippen LogP contribution in [0.25, 0.3) is 0 Å². The number of carbonyl (C=O) groups excluding carboxylic acids is 3. The Hall–Kier alpha value is -2.87. The van der Waals surface area contributed by atoms with Crippen molar-refractivity contribution in [1.82, 2.24) is 4.90 Å². The Kier molecular flexibility index (Phi) is 6.87. The molecule has 2 aromatic carbocycles. The Labute approximate surface area is 176 Å². The van der Waals surface area contributed by atoms with Crippen LogP contribution in [0.5, 0.6) is 11.5 Å². The molecule has 152 valence electrons. The first-order chi connectivity index (χ1) is 14.0. The molecule has 1 aliphatic rings. The molecule has 0 bridgehead atoms. The number of halogens is 1. The van der Waals surface area contributed by atoms with Gasteiger partial charge < -0.3 is 14.2 Å². The molecule has 0 spiro atoms. The fourth-order valence-corrected chi connectivity index (χ4v) is 3.26. The van der Waals surface area contributed by atoms with E-state index < -0.39 is 5.97 Å². The van der Waals surface area contributed by atoms with Gasteiger partial charge in [0.2, 0.25) is 0 Å². The van der Waals surface area contributed by atoms with E-state index in [0.29, 0.717) is 35.7 Å². The molecule has 0 fully saturated rings. The van der Waals surface area contributed by atoms with Gasteiger partial charge in [-0.1, -0.05) is 28.1 Å². The standard InChI is InChI=1S/C21H20BrNO6/c1-2-27-17-6-3-4-7-18(17)29-13-19(24)28-11-5-10-23-20(25)15-9-8-14(22)12-16(15)21(23)26/h3-4,6-9,12H,2,5,10-11,13H2,1H3. The molecule has 0 unspecified atom stereocenters. The van der Waals surface area contributed by atoms with Gasteiger partial charge >= 0.3 is 5.97 Å². The van der Waals surface area contributed by atoms with Crippen LogP contribution in [0.1, 0.15) is 34.1 Å². The number of nitrogens with zero attached hydrogens (tertiary/aromatic N) is 1. The molecule has 8 heteroatoms. The predicted molar refractivity (Wildman–Crippen MR) is 108 cm³/mol. The highest BCUT2D eigenvalue weighted by atomic mass is 79.9. The summed E-state index contributed by atoms with van der Waals surface area (Å²) >= 11 is 3.30. The van der Waals surface area contributed by atoms with Crippen LogP contribution in [0.15, 0.2) is 46.9 Å². The molecular weight excluding hydrogens is 442 g/mol. The number of esters is 1. The first-order valence-electron chi connectivity index (χ1n) is 9.17. The largest absolute Gasteiger partial charge is 0.490 e. The van der Waals surface area contributed by atoms with Crippen LogP contribution in [-0.2, 0) is 9.53 Å². The molecule has 2 aromatic rings. The van der Waals surface area contributed by atoms with Crippen molar-refractivity contribution in [2.45, 2.75) is 13.3 Å². The number of carbonyl (C=O) groups is 3. The van der Waals surface area contributed by atoms with E-state index in [1.807, 2.05) is 13.0 Å². The summed E-state index contributed by atoms with van der Waals surface area (Å²) in [5.74, 6) is -0.195. The molecule has 0 aromatic heterocycles. The number of imide groups is 1. The molecule has 0 aliphatic carbocycles. The van der Waals surface area contributed by atoms with Crippen LogP contribution in [-0.4, -0.2) is 49.0 Å². The summed E-state index contributed by atoms with van der Waals surface area (Å²) in [6, 6.07) is 12.0. The van der Waals surface area contributed by atoms with Crippen molar-refractivity contribution < 1.29 is 28.6 Å². The zero-order valence-corrected chi connectivity index (χ0v) is 17.4. The molecule has 2 amide bonds. The third-order valence-corrected chi connectivity index (χ3v) is 4.71. The molecule has 7 nitrogen and oxygen atoms in total. The lowest BCUT2D eigenvalue weighted by Gasteiger charge is -2.14. The van der Waals surface area contributed by atoms with Crippen LogP contribution in [0.3, 0.4) is 0 Å². The highest BCUT2D eigenvalue weighted by Crippen LogP contribution is 2.27. The molecule has 0 radical (unpaired) electrons. The van der Waals surface area contributed by atoms with Gasteiger partial charge in [0.05, 0.1) is 24.3 Å². The molecular formula is C21H20BrNO6. The van der Waals surface area contributed by atoms with E-state index in [1.54, 1.807) is 36.4 Å². The van der Waals surface area contributed by atoms with E-state index in [4.69, 9.17) is 14.2 Å². The van der Waals surface area contributed by atoms with Crippen molar-refractivity contribution in [1.29, 1.82) is 0 Å². The highest BCUT2D eigenvalue weighted by Gasteiger charge is 2.35. The number of hydrogen-bond acceptors (Lipinski definition) is 6. The molecule has 29 heavy (non-hydrogen) atoms. The average molecular weight is 462 g/mol. The molecule has 0 saturated carbocycles. The Morgan fingerprint density at radius 3 is 2.41 bits per heavy atom. The van der Waals surface area contributed by atoms with E-state index in [-0.39, 0.29) is 31.6 Å². The third kappa shape index (κ3) is 4.95. The van der Waals surface area contributed by atoms with E-state index in [2.05, 4.69) is 15.9 Å². The minimum atomic E-state index is -0.539. The Morgan fingerprint density at radius 1 is 1.00 bits per heavy atom. The van der Waals surface area contributed by atoms with E-state index in [0.717, 1.165) is 4.47 Å². The van der Waals surface area contributed by atoms with Gasteiger partial charge in [0.25, 0.3) is 11.8 Å². The maximum atomic E-state index is 12.4. The average Bonchev–Trinajstić information content (AvgIpc) is 2.94. The fraction of sp³-hybridized carbons (Fsp3) is 0.286. The van der Waals surface area contributed by atoms with Crippen LogP contribution < -0.4 is 9.47 Å². The van der Waals surface area contributed by atoms with Gasteiger partial charge in [-0.05, 0) is 43.7 Å². The molecule has 3 rings (SSSR count). The zero-order chi connectivity index (χ0) is 20.8. The number of hydrogen-bond donors (Lipinski definition) is 0. The normalized spacial score (nSPS) is 12.7. The molecule has 1 aliphatic heterocycles. The third-order valence-electron chi connectivity index (χ3n) is 4.22. The first kappa shape index (κ1) is 20.9. The van der Waals surface area contributed by atoms with E-state index >= 15 is 0 Å². The lowest BCUT2D eigenvalue weighted by molar-refractivity contribution is -0.146. The molecule has 0 saturated heterocycles. The number of benzene rings is 2. The number of fused-ring (bicyclic) bond motifs is 1. The summed E-state index contributed by atoms with van der Waals surface area (Å²) in [7, 11) is 0. The van der Waals surface area contributed by atoms with Gasteiger partial charge in [0, 0.05) is 11.0 Å². The van der Waals surface area contributed by atoms with Crippen molar-refractivity contribution >= 4 is 33.7 Å². The van der Waals surface area contributed by atoms with Crippen molar-refractivity contribution in [3.8, 4) is 11.5 Å². The Balaban J connectivity index is 1.43. The van der Waals surface area contributed by atoms with Gasteiger partial charge in [0.15, 0.2) is 18.1 Å². The van der Waals surface area contributed by atoms with Gasteiger partial charge in [0.1, 0.15) is 0 Å². The lowest BCUT2D eigenvalue weighted by atomic mass is 10.1. The second-order valence-electron chi connectivity index (χ2n) is 6.19. The topological polar surface area (TPSA) is 82.1 Å². The van der Waals surface area contributed by atoms with Crippen molar-refractivity contribution in [3.05, 3.63) is 58.1 Å². The maximum absolute atomic E-state index is 12.4. The quantitative estimate of drug-likeness (QED) is 0.323. The predicted octanol–water partition coefficient (Wildman–Crippen LogP) is 3.46. The highest BCUT2D eigenvalue weighted by molar-refractivity contribution is 9.10. The van der Waals surface area contributed by atoms with Gasteiger partial charge in [-0.3, -0.25) is 14.5 Å². The van der Waals surface area contributed by atoms with Gasteiger partial charge in [-0.2, -0.15) is 0 Å². The van der Waals surface area contributed by atoms with E-state index in [9.17, 15) is 14.4 Å². The number of para-hydroxylation sites is 2. The van der Waals surface area contributed by atoms with Crippen molar-refractivity contribution in [2.75, 3.05) is 26.4 Å². The van der Waals surface area contributed by atoms with Crippen LogP contribution in [0, 0.1) is 0 Å².